The Morgan fingerprint density at radius 2 is 2.22 bits per heavy atom. The van der Waals surface area contributed by atoms with E-state index in [1.165, 1.54) is 24.1 Å². The molecule has 6 heteroatoms. The third-order valence-corrected chi connectivity index (χ3v) is 2.81. The first-order valence-electron chi connectivity index (χ1n) is 5.14. The van der Waals surface area contributed by atoms with Crippen molar-refractivity contribution in [2.75, 3.05) is 7.11 Å². The second-order valence-corrected chi connectivity index (χ2v) is 3.80. The van der Waals surface area contributed by atoms with E-state index in [2.05, 4.69) is 9.84 Å². The molecule has 0 spiro atoms. The van der Waals surface area contributed by atoms with E-state index in [0.717, 1.165) is 12.1 Å². The van der Waals surface area contributed by atoms with Crippen molar-refractivity contribution in [3.05, 3.63) is 47.0 Å². The monoisotopic (exact) mass is 246 g/mol. The maximum absolute atomic E-state index is 13.4. The van der Waals surface area contributed by atoms with Gasteiger partial charge in [-0.05, 0) is 18.2 Å². The minimum absolute atomic E-state index is 0.0108. The summed E-state index contributed by atoms with van der Waals surface area (Å²) in [7, 11) is 1.19. The van der Waals surface area contributed by atoms with Gasteiger partial charge in [0.05, 0.1) is 30.1 Å². The normalized spacial score (nSPS) is 12.2. The van der Waals surface area contributed by atoms with E-state index < -0.39 is 11.8 Å². The van der Waals surface area contributed by atoms with Crippen molar-refractivity contribution >= 4 is 11.8 Å². The summed E-state index contributed by atoms with van der Waals surface area (Å²) >= 11 is 0. The average Bonchev–Trinajstić information content (AvgIpc) is 2.92. The number of benzene rings is 1. The summed E-state index contributed by atoms with van der Waals surface area (Å²) in [4.78, 5) is 23.6. The van der Waals surface area contributed by atoms with Gasteiger partial charge in [-0.2, -0.15) is 5.10 Å². The molecule has 0 fully saturated rings. The first-order valence-corrected chi connectivity index (χ1v) is 5.14. The van der Waals surface area contributed by atoms with Gasteiger partial charge in [0, 0.05) is 0 Å². The number of hydrogen-bond acceptors (Lipinski definition) is 4. The molecule has 2 heterocycles. The predicted octanol–water partition coefficient (Wildman–Crippen LogP) is 1.34. The summed E-state index contributed by atoms with van der Waals surface area (Å²) in [6, 6.07) is 3.65. The maximum Gasteiger partial charge on any atom is 0.340 e. The average molecular weight is 246 g/mol. The standard InChI is InChI=1S/C12H7FN2O3/c1-18-12(17)8-5-6(13)4-7-10(8)15-9(11(7)16)2-3-14-15/h2-5H,1H3. The lowest BCUT2D eigenvalue weighted by Gasteiger charge is -2.07. The van der Waals surface area contributed by atoms with Gasteiger partial charge in [-0.25, -0.2) is 13.9 Å². The zero-order valence-electron chi connectivity index (χ0n) is 9.31. The highest BCUT2D eigenvalue weighted by Gasteiger charge is 2.32. The molecule has 0 saturated heterocycles. The summed E-state index contributed by atoms with van der Waals surface area (Å²) in [6.45, 7) is 0. The van der Waals surface area contributed by atoms with Gasteiger partial charge in [0.1, 0.15) is 11.5 Å². The Labute approximate surface area is 101 Å². The van der Waals surface area contributed by atoms with E-state index in [-0.39, 0.29) is 22.6 Å². The number of aromatic nitrogens is 2. The van der Waals surface area contributed by atoms with Crippen LogP contribution in [0.4, 0.5) is 4.39 Å². The Morgan fingerprint density at radius 1 is 1.44 bits per heavy atom. The van der Waals surface area contributed by atoms with Gasteiger partial charge in [0.25, 0.3) is 0 Å². The summed E-state index contributed by atoms with van der Waals surface area (Å²) in [5, 5.41) is 3.96. The lowest BCUT2D eigenvalue weighted by atomic mass is 10.1. The van der Waals surface area contributed by atoms with Crippen molar-refractivity contribution in [2.24, 2.45) is 0 Å². The molecule has 0 radical (unpaired) electrons. The van der Waals surface area contributed by atoms with Crippen LogP contribution in [-0.4, -0.2) is 28.6 Å². The summed E-state index contributed by atoms with van der Waals surface area (Å²) in [6.07, 6.45) is 1.45. The van der Waals surface area contributed by atoms with Crippen LogP contribution in [0.2, 0.25) is 0 Å². The zero-order valence-corrected chi connectivity index (χ0v) is 9.31. The van der Waals surface area contributed by atoms with Crippen molar-refractivity contribution < 1.29 is 18.7 Å². The molecule has 90 valence electrons. The Kier molecular flexibility index (Phi) is 2.07. The second kappa shape index (κ2) is 3.49. The lowest BCUT2D eigenvalue weighted by Crippen LogP contribution is -2.09. The molecular weight excluding hydrogens is 239 g/mol. The molecule has 0 N–H and O–H groups in total. The Morgan fingerprint density at radius 3 is 2.94 bits per heavy atom. The molecule has 0 unspecified atom stereocenters. The minimum Gasteiger partial charge on any atom is -0.465 e. The molecule has 1 aliphatic heterocycles. The van der Waals surface area contributed by atoms with Gasteiger partial charge in [-0.1, -0.05) is 0 Å². The fraction of sp³-hybridized carbons (Fsp3) is 0.0833. The van der Waals surface area contributed by atoms with Crippen molar-refractivity contribution in [1.82, 2.24) is 9.78 Å². The van der Waals surface area contributed by atoms with E-state index in [1.807, 2.05) is 0 Å². The SMILES string of the molecule is COC(=O)c1cc(F)cc2c1-n1nccc1C2=O. The van der Waals surface area contributed by atoms with Gasteiger partial charge in [0.2, 0.25) is 5.78 Å². The minimum atomic E-state index is -0.707. The molecule has 1 aliphatic rings. The molecule has 0 saturated carbocycles. The van der Waals surface area contributed by atoms with Crippen LogP contribution in [0.3, 0.4) is 0 Å². The number of ketones is 1. The number of halogens is 1. The van der Waals surface area contributed by atoms with E-state index in [0.29, 0.717) is 5.69 Å². The molecule has 2 aromatic rings. The molecule has 0 bridgehead atoms. The number of rotatable bonds is 1. The van der Waals surface area contributed by atoms with Crippen LogP contribution in [0.1, 0.15) is 26.4 Å². The molecular formula is C12H7FN2O3. The van der Waals surface area contributed by atoms with Crippen molar-refractivity contribution in [3.63, 3.8) is 0 Å². The number of methoxy groups -OCH3 is 1. The van der Waals surface area contributed by atoms with Crippen LogP contribution in [0.15, 0.2) is 24.4 Å². The smallest absolute Gasteiger partial charge is 0.340 e. The van der Waals surface area contributed by atoms with E-state index in [1.54, 1.807) is 0 Å². The number of carbonyl (C=O) groups is 2. The number of carbonyl (C=O) groups excluding carboxylic acids is 2. The van der Waals surface area contributed by atoms with Gasteiger partial charge in [-0.15, -0.1) is 0 Å². The third kappa shape index (κ3) is 1.22. The van der Waals surface area contributed by atoms with Gasteiger partial charge in [0.15, 0.2) is 0 Å². The van der Waals surface area contributed by atoms with Crippen LogP contribution in [0, 0.1) is 5.82 Å². The van der Waals surface area contributed by atoms with Crippen molar-refractivity contribution in [2.45, 2.75) is 0 Å². The third-order valence-electron chi connectivity index (χ3n) is 2.81. The summed E-state index contributed by atoms with van der Waals surface area (Å²) < 4.78 is 19.3. The van der Waals surface area contributed by atoms with Crippen LogP contribution in [-0.2, 0) is 4.74 Å². The summed E-state index contributed by atoms with van der Waals surface area (Å²) in [5.74, 6) is -1.72. The fourth-order valence-electron chi connectivity index (χ4n) is 2.06. The molecule has 5 nitrogen and oxygen atoms in total. The number of ether oxygens (including phenoxy) is 1. The number of hydrogen-bond donors (Lipinski definition) is 0. The quantitative estimate of drug-likeness (QED) is 0.608. The number of fused-ring (bicyclic) bond motifs is 3. The Balaban J connectivity index is 2.37. The highest BCUT2D eigenvalue weighted by Crippen LogP contribution is 2.31. The topological polar surface area (TPSA) is 61.2 Å². The van der Waals surface area contributed by atoms with E-state index >= 15 is 0 Å². The largest absolute Gasteiger partial charge is 0.465 e. The van der Waals surface area contributed by atoms with Crippen LogP contribution >= 0.6 is 0 Å². The van der Waals surface area contributed by atoms with Gasteiger partial charge < -0.3 is 4.74 Å². The predicted molar refractivity (Wildman–Crippen MR) is 58.3 cm³/mol. The number of esters is 1. The van der Waals surface area contributed by atoms with Crippen LogP contribution in [0.5, 0.6) is 0 Å². The maximum atomic E-state index is 13.4. The first-order chi connectivity index (χ1) is 8.63. The molecule has 0 aliphatic carbocycles. The lowest BCUT2D eigenvalue weighted by molar-refractivity contribution is 0.0600. The zero-order chi connectivity index (χ0) is 12.9. The molecule has 1 aromatic carbocycles. The Hall–Kier alpha value is -2.50. The van der Waals surface area contributed by atoms with E-state index in [9.17, 15) is 14.0 Å². The fourth-order valence-corrected chi connectivity index (χ4v) is 2.06. The molecule has 0 amide bonds. The van der Waals surface area contributed by atoms with Crippen LogP contribution in [0.25, 0.3) is 5.69 Å². The van der Waals surface area contributed by atoms with Gasteiger partial charge in [-0.3, -0.25) is 4.79 Å². The number of nitrogens with zero attached hydrogens (tertiary/aromatic N) is 2. The highest BCUT2D eigenvalue weighted by molar-refractivity contribution is 6.16. The molecule has 18 heavy (non-hydrogen) atoms. The summed E-state index contributed by atoms with van der Waals surface area (Å²) in [5.41, 5.74) is 0.691. The first kappa shape index (κ1) is 10.6. The van der Waals surface area contributed by atoms with Gasteiger partial charge >= 0.3 is 5.97 Å². The highest BCUT2D eigenvalue weighted by atomic mass is 19.1. The Bertz CT molecular complexity index is 691. The van der Waals surface area contributed by atoms with Crippen LogP contribution < -0.4 is 0 Å². The van der Waals surface area contributed by atoms with Crippen molar-refractivity contribution in [1.29, 1.82) is 0 Å². The van der Waals surface area contributed by atoms with Crippen molar-refractivity contribution in [3.8, 4) is 5.69 Å². The second-order valence-electron chi connectivity index (χ2n) is 3.80. The van der Waals surface area contributed by atoms with E-state index in [4.69, 9.17) is 0 Å². The molecule has 3 rings (SSSR count). The molecule has 1 aromatic heterocycles. The molecule has 0 atom stereocenters.